The minimum absolute atomic E-state index is 0.570. The molecule has 0 atom stereocenters. The smallest absolute Gasteiger partial charge is 0.168 e. The third-order valence-corrected chi connectivity index (χ3v) is 10.2. The monoisotopic (exact) mass is 664 g/mol. The van der Waals surface area contributed by atoms with E-state index in [4.69, 9.17) is 19.4 Å². The van der Waals surface area contributed by atoms with E-state index in [9.17, 15) is 0 Å². The standard InChI is InChI=1S/C47H28N4O/c1-2-12-31-27-33(22-21-29(31)11-1)46-48-45(30-23-25-34(26-24-30)51-40-18-8-5-15-36(40)37-16-6-9-19-41(37)51)49-47(50-46)43-35-14-4-3-13-32(35)28-39-38-17-7-10-20-42(38)52-44(39)43/h1-28H. The van der Waals surface area contributed by atoms with E-state index in [0.717, 1.165) is 60.5 Å². The molecule has 5 heteroatoms. The minimum atomic E-state index is 0.570. The lowest BCUT2D eigenvalue weighted by Crippen LogP contribution is -2.01. The van der Waals surface area contributed by atoms with Gasteiger partial charge in [-0.3, -0.25) is 0 Å². The zero-order valence-corrected chi connectivity index (χ0v) is 27.9. The molecule has 0 aliphatic heterocycles. The van der Waals surface area contributed by atoms with Gasteiger partial charge in [0.1, 0.15) is 11.2 Å². The topological polar surface area (TPSA) is 56.7 Å². The molecule has 0 radical (unpaired) electrons. The molecule has 0 spiro atoms. The van der Waals surface area contributed by atoms with Crippen LogP contribution in [0.1, 0.15) is 0 Å². The van der Waals surface area contributed by atoms with Crippen LogP contribution >= 0.6 is 0 Å². The van der Waals surface area contributed by atoms with Crippen LogP contribution in [0, 0.1) is 0 Å². The van der Waals surface area contributed by atoms with Crippen LogP contribution < -0.4 is 0 Å². The Labute approximate surface area is 298 Å². The fourth-order valence-corrected chi connectivity index (χ4v) is 7.78. The van der Waals surface area contributed by atoms with E-state index in [1.54, 1.807) is 0 Å². The van der Waals surface area contributed by atoms with Gasteiger partial charge in [0.15, 0.2) is 17.5 Å². The highest BCUT2D eigenvalue weighted by atomic mass is 16.3. The second-order valence-corrected chi connectivity index (χ2v) is 13.2. The zero-order chi connectivity index (χ0) is 34.2. The summed E-state index contributed by atoms with van der Waals surface area (Å²) in [6.07, 6.45) is 0. The van der Waals surface area contributed by atoms with Crippen molar-refractivity contribution in [1.29, 1.82) is 0 Å². The average molecular weight is 665 g/mol. The van der Waals surface area contributed by atoms with Crippen molar-refractivity contribution in [2.75, 3.05) is 0 Å². The molecule has 52 heavy (non-hydrogen) atoms. The number of nitrogens with zero attached hydrogens (tertiary/aromatic N) is 4. The average Bonchev–Trinajstić information content (AvgIpc) is 3.75. The van der Waals surface area contributed by atoms with Crippen LogP contribution in [0.2, 0.25) is 0 Å². The molecule has 3 heterocycles. The van der Waals surface area contributed by atoms with E-state index in [1.807, 2.05) is 18.2 Å². The van der Waals surface area contributed by atoms with Crippen molar-refractivity contribution in [2.45, 2.75) is 0 Å². The Bertz CT molecular complexity index is 3140. The van der Waals surface area contributed by atoms with Gasteiger partial charge in [-0.25, -0.2) is 15.0 Å². The quantitative estimate of drug-likeness (QED) is 0.188. The number of rotatable bonds is 4. The number of hydrogen-bond acceptors (Lipinski definition) is 4. The lowest BCUT2D eigenvalue weighted by molar-refractivity contribution is 0.670. The molecule has 3 aromatic heterocycles. The number of benzene rings is 8. The van der Waals surface area contributed by atoms with Gasteiger partial charge in [-0.05, 0) is 76.1 Å². The molecule has 0 aliphatic carbocycles. The summed E-state index contributed by atoms with van der Waals surface area (Å²) in [6, 6.07) is 59.2. The summed E-state index contributed by atoms with van der Waals surface area (Å²) >= 11 is 0. The second-order valence-electron chi connectivity index (χ2n) is 13.2. The van der Waals surface area contributed by atoms with Crippen LogP contribution in [0.25, 0.3) is 105 Å². The Morgan fingerprint density at radius 2 is 0.942 bits per heavy atom. The summed E-state index contributed by atoms with van der Waals surface area (Å²) in [4.78, 5) is 15.6. The van der Waals surface area contributed by atoms with Gasteiger partial charge < -0.3 is 8.98 Å². The van der Waals surface area contributed by atoms with Crippen LogP contribution in [0.4, 0.5) is 0 Å². The number of para-hydroxylation sites is 3. The number of fused-ring (bicyclic) bond motifs is 8. The van der Waals surface area contributed by atoms with Crippen molar-refractivity contribution >= 4 is 65.3 Å². The van der Waals surface area contributed by atoms with E-state index >= 15 is 0 Å². The Hall–Kier alpha value is -7.11. The van der Waals surface area contributed by atoms with Crippen molar-refractivity contribution in [1.82, 2.24) is 19.5 Å². The van der Waals surface area contributed by atoms with Crippen LogP contribution in [0.15, 0.2) is 174 Å². The van der Waals surface area contributed by atoms with Crippen LogP contribution in [-0.2, 0) is 0 Å². The summed E-state index contributed by atoms with van der Waals surface area (Å²) in [6.45, 7) is 0. The first-order valence-electron chi connectivity index (χ1n) is 17.4. The first-order chi connectivity index (χ1) is 25.8. The summed E-state index contributed by atoms with van der Waals surface area (Å²) in [7, 11) is 0. The normalized spacial score (nSPS) is 11.8. The first-order valence-corrected chi connectivity index (χ1v) is 17.4. The molecule has 0 saturated heterocycles. The van der Waals surface area contributed by atoms with Crippen LogP contribution in [0.3, 0.4) is 0 Å². The lowest BCUT2D eigenvalue weighted by atomic mass is 9.99. The molecule has 0 N–H and O–H groups in total. The molecule has 8 aromatic carbocycles. The van der Waals surface area contributed by atoms with Gasteiger partial charge in [0.2, 0.25) is 0 Å². The van der Waals surface area contributed by atoms with Gasteiger partial charge in [-0.1, -0.05) is 115 Å². The Morgan fingerprint density at radius 1 is 0.385 bits per heavy atom. The van der Waals surface area contributed by atoms with E-state index in [-0.39, 0.29) is 0 Å². The minimum Gasteiger partial charge on any atom is -0.455 e. The predicted octanol–water partition coefficient (Wildman–Crippen LogP) is 12.2. The SMILES string of the molecule is c1ccc2cc(-c3nc(-c4ccc(-n5c6ccccc6c6ccccc65)cc4)nc(-c4c5ccccc5cc5c4oc4ccccc45)n3)ccc2c1. The molecule has 0 fully saturated rings. The van der Waals surface area contributed by atoms with Crippen LogP contribution in [0.5, 0.6) is 0 Å². The molecule has 0 amide bonds. The van der Waals surface area contributed by atoms with Gasteiger partial charge in [0, 0.05) is 38.4 Å². The van der Waals surface area contributed by atoms with Crippen LogP contribution in [-0.4, -0.2) is 19.5 Å². The van der Waals surface area contributed by atoms with Gasteiger partial charge >= 0.3 is 0 Å². The maximum Gasteiger partial charge on any atom is 0.168 e. The molecule has 11 aromatic rings. The molecule has 242 valence electrons. The van der Waals surface area contributed by atoms with Gasteiger partial charge in [0.25, 0.3) is 0 Å². The molecular weight excluding hydrogens is 637 g/mol. The maximum absolute atomic E-state index is 6.62. The van der Waals surface area contributed by atoms with Crippen molar-refractivity contribution < 1.29 is 4.42 Å². The summed E-state index contributed by atoms with van der Waals surface area (Å²) in [5, 5.41) is 8.98. The van der Waals surface area contributed by atoms with Gasteiger partial charge in [0.05, 0.1) is 16.6 Å². The lowest BCUT2D eigenvalue weighted by Gasteiger charge is -2.12. The van der Waals surface area contributed by atoms with E-state index in [2.05, 4.69) is 156 Å². The molecule has 0 unspecified atom stereocenters. The molecule has 0 saturated carbocycles. The highest BCUT2D eigenvalue weighted by molar-refractivity contribution is 6.17. The number of furan rings is 1. The van der Waals surface area contributed by atoms with Crippen molar-refractivity contribution in [3.05, 3.63) is 170 Å². The van der Waals surface area contributed by atoms with E-state index < -0.39 is 0 Å². The zero-order valence-electron chi connectivity index (χ0n) is 27.9. The first kappa shape index (κ1) is 28.7. The van der Waals surface area contributed by atoms with Gasteiger partial charge in [-0.2, -0.15) is 0 Å². The fraction of sp³-hybridized carbons (Fsp3) is 0. The Balaban J connectivity index is 1.15. The maximum atomic E-state index is 6.62. The summed E-state index contributed by atoms with van der Waals surface area (Å²) in [5.41, 5.74) is 7.69. The Kier molecular flexibility index (Phi) is 6.18. The van der Waals surface area contributed by atoms with Gasteiger partial charge in [-0.15, -0.1) is 0 Å². The van der Waals surface area contributed by atoms with Crippen molar-refractivity contribution in [3.63, 3.8) is 0 Å². The van der Waals surface area contributed by atoms with Crippen molar-refractivity contribution in [2.24, 2.45) is 0 Å². The van der Waals surface area contributed by atoms with E-state index in [1.165, 1.54) is 27.2 Å². The number of hydrogen-bond donors (Lipinski definition) is 0. The second kappa shape index (κ2) is 11.2. The highest BCUT2D eigenvalue weighted by Gasteiger charge is 2.21. The summed E-state index contributed by atoms with van der Waals surface area (Å²) < 4.78 is 8.94. The largest absolute Gasteiger partial charge is 0.455 e. The number of aromatic nitrogens is 4. The van der Waals surface area contributed by atoms with Crippen molar-refractivity contribution in [3.8, 4) is 39.9 Å². The summed E-state index contributed by atoms with van der Waals surface area (Å²) in [5.74, 6) is 1.77. The third kappa shape index (κ3) is 4.39. The molecule has 11 rings (SSSR count). The highest BCUT2D eigenvalue weighted by Crippen LogP contribution is 2.41. The molecule has 5 nitrogen and oxygen atoms in total. The van der Waals surface area contributed by atoms with E-state index in [0.29, 0.717) is 17.5 Å². The molecule has 0 aliphatic rings. The molecule has 0 bridgehead atoms. The Morgan fingerprint density at radius 3 is 1.69 bits per heavy atom. The predicted molar refractivity (Wildman–Crippen MR) is 213 cm³/mol. The fourth-order valence-electron chi connectivity index (χ4n) is 7.78. The molecular formula is C47H28N4O. The third-order valence-electron chi connectivity index (χ3n) is 10.2.